The Balaban J connectivity index is 1.78. The van der Waals surface area contributed by atoms with Gasteiger partial charge in [-0.25, -0.2) is 0 Å². The third-order valence-electron chi connectivity index (χ3n) is 3.84. The number of carbonyl (C=O) groups excluding carboxylic acids is 3. The molecule has 0 bridgehead atoms. The quantitative estimate of drug-likeness (QED) is 0.740. The predicted octanol–water partition coefficient (Wildman–Crippen LogP) is 2.76. The molecule has 0 spiro atoms. The third kappa shape index (κ3) is 5.73. The first kappa shape index (κ1) is 19.2. The molecule has 0 fully saturated rings. The maximum Gasteiger partial charge on any atom is 0.243 e. The highest BCUT2D eigenvalue weighted by atomic mass is 16.5. The summed E-state index contributed by atoms with van der Waals surface area (Å²) in [5, 5.41) is 2.71. The Morgan fingerprint density at radius 3 is 2.23 bits per heavy atom. The monoisotopic (exact) mass is 354 g/mol. The Kier molecular flexibility index (Phi) is 6.91. The second-order valence-corrected chi connectivity index (χ2v) is 5.82. The van der Waals surface area contributed by atoms with Gasteiger partial charge in [-0.3, -0.25) is 14.4 Å². The molecule has 1 N–H and O–H groups in total. The molecule has 0 aliphatic rings. The van der Waals surface area contributed by atoms with Crippen molar-refractivity contribution in [1.82, 2.24) is 4.90 Å². The molecule has 6 nitrogen and oxygen atoms in total. The molecular formula is C20H22N2O4. The number of nitrogens with one attached hydrogen (secondary N) is 1. The van der Waals surface area contributed by atoms with Gasteiger partial charge in [0.05, 0.1) is 13.7 Å². The maximum absolute atomic E-state index is 12.1. The summed E-state index contributed by atoms with van der Waals surface area (Å²) in [6, 6.07) is 15.7. The van der Waals surface area contributed by atoms with Gasteiger partial charge in [0.25, 0.3) is 0 Å². The lowest BCUT2D eigenvalue weighted by molar-refractivity contribution is -0.133. The molecular weight excluding hydrogens is 332 g/mol. The van der Waals surface area contributed by atoms with E-state index in [9.17, 15) is 14.4 Å². The van der Waals surface area contributed by atoms with Crippen LogP contribution in [-0.2, 0) is 9.59 Å². The van der Waals surface area contributed by atoms with E-state index in [0.29, 0.717) is 17.0 Å². The van der Waals surface area contributed by atoms with Crippen LogP contribution in [0.3, 0.4) is 0 Å². The Bertz CT molecular complexity index is 757. The number of hydrogen-bond donors (Lipinski definition) is 1. The summed E-state index contributed by atoms with van der Waals surface area (Å²) in [6.45, 7) is -0.0790. The first-order valence-electron chi connectivity index (χ1n) is 8.25. The molecule has 0 atom stereocenters. The molecule has 0 unspecified atom stereocenters. The van der Waals surface area contributed by atoms with Crippen LogP contribution >= 0.6 is 0 Å². The van der Waals surface area contributed by atoms with Gasteiger partial charge >= 0.3 is 0 Å². The van der Waals surface area contributed by atoms with Crippen LogP contribution in [0.15, 0.2) is 54.6 Å². The van der Waals surface area contributed by atoms with Gasteiger partial charge in [-0.15, -0.1) is 0 Å². The van der Waals surface area contributed by atoms with Gasteiger partial charge in [0, 0.05) is 31.1 Å². The minimum atomic E-state index is -0.305. The Morgan fingerprint density at radius 1 is 0.962 bits per heavy atom. The molecule has 2 rings (SSSR count). The molecule has 0 aromatic heterocycles. The van der Waals surface area contributed by atoms with Crippen LogP contribution in [0.4, 0.5) is 5.69 Å². The average Bonchev–Trinajstić information content (AvgIpc) is 2.66. The summed E-state index contributed by atoms with van der Waals surface area (Å²) in [4.78, 5) is 37.5. The fraction of sp³-hybridized carbons (Fsp3) is 0.250. The fourth-order valence-electron chi connectivity index (χ4n) is 2.36. The maximum atomic E-state index is 12.1. The van der Waals surface area contributed by atoms with Crippen molar-refractivity contribution in [3.05, 3.63) is 60.2 Å². The number of rotatable bonds is 8. The number of ether oxygens (including phenoxy) is 1. The van der Waals surface area contributed by atoms with Crippen LogP contribution in [0.2, 0.25) is 0 Å². The lowest BCUT2D eigenvalue weighted by Crippen LogP contribution is -2.35. The van der Waals surface area contributed by atoms with Gasteiger partial charge in [-0.1, -0.05) is 30.3 Å². The van der Waals surface area contributed by atoms with Crippen molar-refractivity contribution in [3.63, 3.8) is 0 Å². The average molecular weight is 354 g/mol. The molecule has 136 valence electrons. The van der Waals surface area contributed by atoms with Gasteiger partial charge in [-0.2, -0.15) is 0 Å². The molecule has 0 radical (unpaired) electrons. The highest BCUT2D eigenvalue weighted by molar-refractivity contribution is 5.98. The SMILES string of the molecule is COc1ccc(NC(=O)CN(C)C(=O)CCC(=O)c2ccccc2)cc1. The highest BCUT2D eigenvalue weighted by Crippen LogP contribution is 2.15. The van der Waals surface area contributed by atoms with Crippen molar-refractivity contribution in [2.24, 2.45) is 0 Å². The van der Waals surface area contributed by atoms with Crippen molar-refractivity contribution < 1.29 is 19.1 Å². The number of amides is 2. The van der Waals surface area contributed by atoms with E-state index >= 15 is 0 Å². The predicted molar refractivity (Wildman–Crippen MR) is 99.3 cm³/mol. The summed E-state index contributed by atoms with van der Waals surface area (Å²) in [6.07, 6.45) is 0.188. The second-order valence-electron chi connectivity index (χ2n) is 5.82. The van der Waals surface area contributed by atoms with Crippen molar-refractivity contribution in [3.8, 4) is 5.75 Å². The number of ketones is 1. The standard InChI is InChI=1S/C20H22N2O4/c1-22(14-19(24)21-16-8-10-17(26-2)11-9-16)20(25)13-12-18(23)15-6-4-3-5-7-15/h3-11H,12-14H2,1-2H3,(H,21,24). The zero-order chi connectivity index (χ0) is 18.9. The number of methoxy groups -OCH3 is 1. The van der Waals surface area contributed by atoms with E-state index in [1.807, 2.05) is 6.07 Å². The van der Waals surface area contributed by atoms with Gasteiger partial charge in [-0.05, 0) is 24.3 Å². The molecule has 0 saturated carbocycles. The first-order valence-corrected chi connectivity index (χ1v) is 8.25. The van der Waals surface area contributed by atoms with E-state index in [1.54, 1.807) is 62.7 Å². The van der Waals surface area contributed by atoms with Crippen LogP contribution in [-0.4, -0.2) is 43.2 Å². The number of benzene rings is 2. The Morgan fingerprint density at radius 2 is 1.62 bits per heavy atom. The number of carbonyl (C=O) groups is 3. The summed E-state index contributed by atoms with van der Waals surface area (Å²) in [5.41, 5.74) is 1.20. The second kappa shape index (κ2) is 9.36. The molecule has 0 aliphatic heterocycles. The molecule has 2 aromatic carbocycles. The van der Waals surface area contributed by atoms with Crippen molar-refractivity contribution >= 4 is 23.3 Å². The van der Waals surface area contributed by atoms with E-state index in [4.69, 9.17) is 4.74 Å². The lowest BCUT2D eigenvalue weighted by atomic mass is 10.1. The van der Waals surface area contributed by atoms with Crippen LogP contribution < -0.4 is 10.1 Å². The molecule has 2 aromatic rings. The number of likely N-dealkylation sites (N-methyl/N-ethyl adjacent to an activating group) is 1. The third-order valence-corrected chi connectivity index (χ3v) is 3.84. The van der Waals surface area contributed by atoms with E-state index < -0.39 is 0 Å². The largest absolute Gasteiger partial charge is 0.497 e. The molecule has 26 heavy (non-hydrogen) atoms. The van der Waals surface area contributed by atoms with E-state index in [-0.39, 0.29) is 37.0 Å². The van der Waals surface area contributed by atoms with E-state index in [2.05, 4.69) is 5.32 Å². The molecule has 0 saturated heterocycles. The van der Waals surface area contributed by atoms with Crippen LogP contribution in [0.5, 0.6) is 5.75 Å². The van der Waals surface area contributed by atoms with Gasteiger partial charge in [0.15, 0.2) is 5.78 Å². The van der Waals surface area contributed by atoms with Gasteiger partial charge in [0.1, 0.15) is 5.75 Å². The minimum absolute atomic E-state index is 0.0695. The molecule has 2 amide bonds. The Hall–Kier alpha value is -3.15. The molecule has 0 heterocycles. The van der Waals surface area contributed by atoms with E-state index in [0.717, 1.165) is 0 Å². The van der Waals surface area contributed by atoms with Gasteiger partial charge < -0.3 is 15.0 Å². The first-order chi connectivity index (χ1) is 12.5. The van der Waals surface area contributed by atoms with Crippen LogP contribution in [0.25, 0.3) is 0 Å². The minimum Gasteiger partial charge on any atom is -0.497 e. The Labute approximate surface area is 152 Å². The van der Waals surface area contributed by atoms with Crippen molar-refractivity contribution in [2.45, 2.75) is 12.8 Å². The number of Topliss-reactive ketones (excluding diaryl/α,β-unsaturated/α-hetero) is 1. The van der Waals surface area contributed by atoms with E-state index in [1.165, 1.54) is 4.90 Å². The summed E-state index contributed by atoms with van der Waals surface area (Å²) >= 11 is 0. The fourth-order valence-corrected chi connectivity index (χ4v) is 2.36. The van der Waals surface area contributed by atoms with Crippen LogP contribution in [0.1, 0.15) is 23.2 Å². The summed E-state index contributed by atoms with van der Waals surface area (Å²) in [7, 11) is 3.11. The zero-order valence-corrected chi connectivity index (χ0v) is 14.9. The number of hydrogen-bond acceptors (Lipinski definition) is 4. The number of anilines is 1. The normalized spacial score (nSPS) is 10.1. The number of nitrogens with zero attached hydrogens (tertiary/aromatic N) is 1. The summed E-state index contributed by atoms with van der Waals surface area (Å²) < 4.78 is 5.06. The summed E-state index contributed by atoms with van der Waals surface area (Å²) in [5.74, 6) is 0.0491. The van der Waals surface area contributed by atoms with Crippen molar-refractivity contribution in [1.29, 1.82) is 0 Å². The smallest absolute Gasteiger partial charge is 0.243 e. The highest BCUT2D eigenvalue weighted by Gasteiger charge is 2.15. The lowest BCUT2D eigenvalue weighted by Gasteiger charge is -2.16. The zero-order valence-electron chi connectivity index (χ0n) is 14.9. The molecule has 0 aliphatic carbocycles. The van der Waals surface area contributed by atoms with Crippen molar-refractivity contribution in [2.75, 3.05) is 26.0 Å². The van der Waals surface area contributed by atoms with Gasteiger partial charge in [0.2, 0.25) is 11.8 Å². The van der Waals surface area contributed by atoms with Crippen LogP contribution in [0, 0.1) is 0 Å². The topological polar surface area (TPSA) is 75.7 Å². The molecule has 6 heteroatoms.